The van der Waals surface area contributed by atoms with Crippen molar-refractivity contribution in [2.24, 2.45) is 0 Å². The van der Waals surface area contributed by atoms with Gasteiger partial charge < -0.3 is 9.32 Å². The van der Waals surface area contributed by atoms with Crippen molar-refractivity contribution in [2.75, 3.05) is 4.90 Å². The van der Waals surface area contributed by atoms with Gasteiger partial charge in [0.15, 0.2) is 0 Å². The fraction of sp³-hybridized carbons (Fsp3) is 0. The third kappa shape index (κ3) is 6.71. The molecule has 0 fully saturated rings. The van der Waals surface area contributed by atoms with Crippen LogP contribution in [0.1, 0.15) is 0 Å². The molecule has 0 bridgehead atoms. The lowest BCUT2D eigenvalue weighted by Crippen LogP contribution is -2.09. The van der Waals surface area contributed by atoms with Gasteiger partial charge in [0.05, 0.1) is 0 Å². The second kappa shape index (κ2) is 16.2. The molecule has 0 atom stereocenters. The standard InChI is InChI=1S/C64H41NOS/c1-3-14-42(15-4-1)44-26-28-47(29-27-44)60-54-19-7-8-20-55(54)63-62(57-21-9-11-24-58(57)66-63)61(60)48-34-40-51(41-35-48)65(49-36-30-45(31-37-49)43-16-5-2-6-17-43)50-38-32-46(33-39-50)52-22-13-23-56-53-18-10-12-25-59(53)67-64(52)56/h1-41H. The van der Waals surface area contributed by atoms with E-state index in [0.29, 0.717) is 0 Å². The van der Waals surface area contributed by atoms with Crippen molar-refractivity contribution in [3.8, 4) is 55.6 Å². The average molecular weight is 872 g/mol. The number of hydrogen-bond acceptors (Lipinski definition) is 3. The number of anilines is 3. The Labute approximate surface area is 392 Å². The van der Waals surface area contributed by atoms with Gasteiger partial charge in [-0.2, -0.15) is 0 Å². The summed E-state index contributed by atoms with van der Waals surface area (Å²) in [6.45, 7) is 0. The summed E-state index contributed by atoms with van der Waals surface area (Å²) in [6, 6.07) is 90.0. The fourth-order valence-corrected chi connectivity index (χ4v) is 11.4. The second-order valence-corrected chi connectivity index (χ2v) is 18.2. The average Bonchev–Trinajstić information content (AvgIpc) is 3.99. The largest absolute Gasteiger partial charge is 0.455 e. The third-order valence-electron chi connectivity index (χ3n) is 13.3. The second-order valence-electron chi connectivity index (χ2n) is 17.2. The number of para-hydroxylation sites is 1. The fourth-order valence-electron chi connectivity index (χ4n) is 10.1. The number of fused-ring (bicyclic) bond motifs is 8. The molecule has 2 nitrogen and oxygen atoms in total. The van der Waals surface area contributed by atoms with E-state index in [1.54, 1.807) is 0 Å². The van der Waals surface area contributed by atoms with E-state index in [1.165, 1.54) is 59.1 Å². The lowest BCUT2D eigenvalue weighted by molar-refractivity contribution is 0.673. The van der Waals surface area contributed by atoms with E-state index in [4.69, 9.17) is 4.42 Å². The van der Waals surface area contributed by atoms with Gasteiger partial charge in [0.25, 0.3) is 0 Å². The molecule has 0 unspecified atom stereocenters. The zero-order valence-electron chi connectivity index (χ0n) is 36.4. The Bertz CT molecular complexity index is 3930. The molecule has 0 aliphatic heterocycles. The molecular weight excluding hydrogens is 831 g/mol. The van der Waals surface area contributed by atoms with Gasteiger partial charge in [-0.3, -0.25) is 0 Å². The number of nitrogens with zero attached hydrogens (tertiary/aromatic N) is 1. The van der Waals surface area contributed by atoms with Gasteiger partial charge in [-0.15, -0.1) is 11.3 Å². The van der Waals surface area contributed by atoms with Crippen LogP contribution in [-0.2, 0) is 0 Å². The molecule has 314 valence electrons. The van der Waals surface area contributed by atoms with Crippen LogP contribution in [0.3, 0.4) is 0 Å². The van der Waals surface area contributed by atoms with Crippen LogP contribution in [0.15, 0.2) is 253 Å². The SMILES string of the molecule is c1ccc(-c2ccc(-c3c(-c4ccc(N(c5ccc(-c6ccccc6)cc5)c5ccc(-c6cccc7c6sc6ccccc67)cc5)cc4)c4c5ccccc5oc4c4ccccc34)cc2)cc1. The Morgan fingerprint density at radius 3 is 1.39 bits per heavy atom. The molecule has 0 N–H and O–H groups in total. The van der Waals surface area contributed by atoms with Crippen LogP contribution in [0.2, 0.25) is 0 Å². The summed E-state index contributed by atoms with van der Waals surface area (Å²) in [4.78, 5) is 2.37. The Hall–Kier alpha value is -8.50. The first kappa shape index (κ1) is 38.9. The lowest BCUT2D eigenvalue weighted by atomic mass is 9.86. The quantitative estimate of drug-likeness (QED) is 0.151. The topological polar surface area (TPSA) is 16.4 Å². The zero-order chi connectivity index (χ0) is 44.3. The van der Waals surface area contributed by atoms with Crippen LogP contribution < -0.4 is 4.90 Å². The van der Waals surface area contributed by atoms with Gasteiger partial charge in [-0.1, -0.05) is 200 Å². The minimum absolute atomic E-state index is 0.884. The van der Waals surface area contributed by atoms with Gasteiger partial charge >= 0.3 is 0 Å². The summed E-state index contributed by atoms with van der Waals surface area (Å²) < 4.78 is 9.42. The molecule has 0 saturated heterocycles. The Morgan fingerprint density at radius 1 is 0.299 bits per heavy atom. The minimum Gasteiger partial charge on any atom is -0.455 e. The molecule has 3 heteroatoms. The Morgan fingerprint density at radius 2 is 0.746 bits per heavy atom. The summed E-state index contributed by atoms with van der Waals surface area (Å²) in [5.41, 5.74) is 16.9. The number of thiophene rings is 1. The first-order chi connectivity index (χ1) is 33.2. The van der Waals surface area contributed by atoms with Gasteiger partial charge in [0.1, 0.15) is 11.2 Å². The molecule has 0 aliphatic rings. The van der Waals surface area contributed by atoms with Gasteiger partial charge in [-0.05, 0) is 104 Å². The molecule has 13 aromatic rings. The van der Waals surface area contributed by atoms with E-state index in [9.17, 15) is 0 Å². The van der Waals surface area contributed by atoms with Crippen LogP contribution in [-0.4, -0.2) is 0 Å². The highest BCUT2D eigenvalue weighted by Gasteiger charge is 2.23. The van der Waals surface area contributed by atoms with Crippen molar-refractivity contribution in [2.45, 2.75) is 0 Å². The third-order valence-corrected chi connectivity index (χ3v) is 14.5. The van der Waals surface area contributed by atoms with E-state index >= 15 is 0 Å². The summed E-state index contributed by atoms with van der Waals surface area (Å²) in [7, 11) is 0. The molecule has 2 heterocycles. The molecule has 0 spiro atoms. The Balaban J connectivity index is 0.967. The first-order valence-electron chi connectivity index (χ1n) is 22.8. The molecular formula is C64H41NOS. The summed E-state index contributed by atoms with van der Waals surface area (Å²) in [5, 5.41) is 7.12. The maximum atomic E-state index is 6.79. The Kier molecular flexibility index (Phi) is 9.40. The highest BCUT2D eigenvalue weighted by Crippen LogP contribution is 2.49. The predicted molar refractivity (Wildman–Crippen MR) is 286 cm³/mol. The zero-order valence-corrected chi connectivity index (χ0v) is 37.3. The molecule has 11 aromatic carbocycles. The number of hydrogen-bond donors (Lipinski definition) is 0. The van der Waals surface area contributed by atoms with Gasteiger partial charge in [0.2, 0.25) is 0 Å². The molecule has 2 aromatic heterocycles. The predicted octanol–water partition coefficient (Wildman–Crippen LogP) is 18.9. The number of rotatable bonds is 8. The number of benzene rings is 11. The number of furan rings is 1. The maximum absolute atomic E-state index is 6.79. The van der Waals surface area contributed by atoms with Crippen molar-refractivity contribution in [1.82, 2.24) is 0 Å². The van der Waals surface area contributed by atoms with E-state index in [0.717, 1.165) is 66.5 Å². The van der Waals surface area contributed by atoms with Crippen LogP contribution in [0.25, 0.3) is 109 Å². The van der Waals surface area contributed by atoms with E-state index < -0.39 is 0 Å². The van der Waals surface area contributed by atoms with Crippen molar-refractivity contribution >= 4 is 81.3 Å². The van der Waals surface area contributed by atoms with Crippen molar-refractivity contribution < 1.29 is 4.42 Å². The van der Waals surface area contributed by atoms with Crippen LogP contribution in [0, 0.1) is 0 Å². The first-order valence-corrected chi connectivity index (χ1v) is 23.6. The molecule has 13 rings (SSSR count). The summed E-state index contributed by atoms with van der Waals surface area (Å²) >= 11 is 1.87. The molecule has 0 aliphatic carbocycles. The smallest absolute Gasteiger partial charge is 0.143 e. The van der Waals surface area contributed by atoms with Crippen LogP contribution in [0.4, 0.5) is 17.1 Å². The maximum Gasteiger partial charge on any atom is 0.143 e. The normalized spacial score (nSPS) is 11.6. The monoisotopic (exact) mass is 871 g/mol. The summed E-state index contributed by atoms with van der Waals surface area (Å²) in [5.74, 6) is 0. The van der Waals surface area contributed by atoms with Gasteiger partial charge in [0, 0.05) is 59.0 Å². The summed E-state index contributed by atoms with van der Waals surface area (Å²) in [6.07, 6.45) is 0. The van der Waals surface area contributed by atoms with E-state index in [2.05, 4.69) is 254 Å². The van der Waals surface area contributed by atoms with Crippen LogP contribution in [0.5, 0.6) is 0 Å². The molecule has 0 radical (unpaired) electrons. The van der Waals surface area contributed by atoms with Crippen molar-refractivity contribution in [3.63, 3.8) is 0 Å². The highest BCUT2D eigenvalue weighted by atomic mass is 32.1. The highest BCUT2D eigenvalue weighted by molar-refractivity contribution is 7.26. The van der Waals surface area contributed by atoms with E-state index in [-0.39, 0.29) is 0 Å². The van der Waals surface area contributed by atoms with E-state index in [1.807, 2.05) is 11.3 Å². The van der Waals surface area contributed by atoms with Crippen molar-refractivity contribution in [1.29, 1.82) is 0 Å². The molecule has 0 saturated carbocycles. The molecule has 0 amide bonds. The van der Waals surface area contributed by atoms with Crippen LogP contribution >= 0.6 is 11.3 Å². The molecule has 67 heavy (non-hydrogen) atoms. The minimum atomic E-state index is 0.884. The lowest BCUT2D eigenvalue weighted by Gasteiger charge is -2.26. The van der Waals surface area contributed by atoms with Gasteiger partial charge in [-0.25, -0.2) is 0 Å². The van der Waals surface area contributed by atoms with Crippen molar-refractivity contribution in [3.05, 3.63) is 249 Å².